The molecule has 114 valence electrons. The molecular formula is C15H14IN3O2S. The summed E-state index contributed by atoms with van der Waals surface area (Å²) >= 11 is 3.63. The minimum Gasteiger partial charge on any atom is -0.333 e. The van der Waals surface area contributed by atoms with Gasteiger partial charge in [-0.3, -0.25) is 9.59 Å². The van der Waals surface area contributed by atoms with Crippen LogP contribution >= 0.6 is 33.9 Å². The third kappa shape index (κ3) is 3.14. The molecule has 1 aromatic carbocycles. The highest BCUT2D eigenvalue weighted by Crippen LogP contribution is 2.29. The molecule has 1 aliphatic rings. The number of hydrogen-bond acceptors (Lipinski definition) is 4. The van der Waals surface area contributed by atoms with Crippen LogP contribution in [0, 0.1) is 3.57 Å². The molecule has 0 saturated carbocycles. The molecule has 0 unspecified atom stereocenters. The standard InChI is InChI=1S/C15H14IN3O2S/c1-9(20)17-15-18-12-6-7-19(8-13(12)22-15)14(21)10-4-2-3-5-11(10)16/h2-5H,6-8H2,1H3,(H,17,18,20). The molecular weight excluding hydrogens is 413 g/mol. The van der Waals surface area contributed by atoms with Crippen LogP contribution in [0.4, 0.5) is 5.13 Å². The van der Waals surface area contributed by atoms with Gasteiger partial charge < -0.3 is 10.2 Å². The Kier molecular flexibility index (Phi) is 4.44. The van der Waals surface area contributed by atoms with E-state index in [2.05, 4.69) is 32.9 Å². The summed E-state index contributed by atoms with van der Waals surface area (Å²) in [5, 5.41) is 3.32. The Balaban J connectivity index is 1.79. The number of fused-ring (bicyclic) bond motifs is 1. The zero-order valence-electron chi connectivity index (χ0n) is 11.9. The lowest BCUT2D eigenvalue weighted by atomic mass is 10.1. The highest BCUT2D eigenvalue weighted by molar-refractivity contribution is 14.1. The number of thiazole rings is 1. The molecule has 7 heteroatoms. The molecule has 3 rings (SSSR count). The van der Waals surface area contributed by atoms with Gasteiger partial charge in [0, 0.05) is 28.3 Å². The van der Waals surface area contributed by atoms with Gasteiger partial charge in [-0.05, 0) is 34.7 Å². The van der Waals surface area contributed by atoms with Crippen molar-refractivity contribution in [2.24, 2.45) is 0 Å². The van der Waals surface area contributed by atoms with Crippen molar-refractivity contribution >= 4 is 50.9 Å². The molecule has 2 aromatic rings. The SMILES string of the molecule is CC(=O)Nc1nc2c(s1)CN(C(=O)c1ccccc1I)CC2. The van der Waals surface area contributed by atoms with Crippen molar-refractivity contribution in [2.75, 3.05) is 11.9 Å². The number of hydrogen-bond donors (Lipinski definition) is 1. The van der Waals surface area contributed by atoms with Crippen molar-refractivity contribution in [3.63, 3.8) is 0 Å². The van der Waals surface area contributed by atoms with E-state index in [0.29, 0.717) is 18.2 Å². The van der Waals surface area contributed by atoms with Crippen molar-refractivity contribution < 1.29 is 9.59 Å². The Hall–Kier alpha value is -1.48. The minimum absolute atomic E-state index is 0.0464. The van der Waals surface area contributed by atoms with Crippen LogP contribution in [-0.4, -0.2) is 28.2 Å². The Morgan fingerprint density at radius 3 is 2.86 bits per heavy atom. The lowest BCUT2D eigenvalue weighted by Crippen LogP contribution is -2.35. The average molecular weight is 427 g/mol. The molecule has 0 bridgehead atoms. The van der Waals surface area contributed by atoms with Gasteiger partial charge in [0.1, 0.15) is 0 Å². The fourth-order valence-electron chi connectivity index (χ4n) is 2.38. The first-order valence-electron chi connectivity index (χ1n) is 6.84. The number of carbonyl (C=O) groups is 2. The highest BCUT2D eigenvalue weighted by atomic mass is 127. The van der Waals surface area contributed by atoms with E-state index < -0.39 is 0 Å². The number of nitrogens with zero attached hydrogens (tertiary/aromatic N) is 2. The van der Waals surface area contributed by atoms with E-state index in [-0.39, 0.29) is 11.8 Å². The second-order valence-electron chi connectivity index (χ2n) is 5.03. The molecule has 0 radical (unpaired) electrons. The predicted molar refractivity (Wildman–Crippen MR) is 94.0 cm³/mol. The second kappa shape index (κ2) is 6.33. The fraction of sp³-hybridized carbons (Fsp3) is 0.267. The quantitative estimate of drug-likeness (QED) is 0.750. The monoisotopic (exact) mass is 427 g/mol. The van der Waals surface area contributed by atoms with Gasteiger partial charge in [-0.15, -0.1) is 0 Å². The maximum absolute atomic E-state index is 12.7. The molecule has 5 nitrogen and oxygen atoms in total. The topological polar surface area (TPSA) is 62.3 Å². The van der Waals surface area contributed by atoms with Crippen LogP contribution in [0.15, 0.2) is 24.3 Å². The third-order valence-electron chi connectivity index (χ3n) is 3.41. The molecule has 2 amide bonds. The number of carbonyl (C=O) groups excluding carboxylic acids is 2. The molecule has 0 atom stereocenters. The summed E-state index contributed by atoms with van der Waals surface area (Å²) in [5.41, 5.74) is 1.72. The maximum Gasteiger partial charge on any atom is 0.255 e. The van der Waals surface area contributed by atoms with Crippen LogP contribution in [0.3, 0.4) is 0 Å². The molecule has 2 heterocycles. The number of halogens is 1. The smallest absolute Gasteiger partial charge is 0.255 e. The molecule has 1 N–H and O–H groups in total. The van der Waals surface area contributed by atoms with Crippen LogP contribution in [0.1, 0.15) is 27.9 Å². The second-order valence-corrected chi connectivity index (χ2v) is 7.27. The van der Waals surface area contributed by atoms with E-state index in [1.807, 2.05) is 29.2 Å². The zero-order valence-corrected chi connectivity index (χ0v) is 14.9. The predicted octanol–water partition coefficient (Wildman–Crippen LogP) is 2.90. The van der Waals surface area contributed by atoms with Crippen molar-refractivity contribution in [3.05, 3.63) is 44.0 Å². The lowest BCUT2D eigenvalue weighted by Gasteiger charge is -2.26. The normalized spacial score (nSPS) is 13.6. The van der Waals surface area contributed by atoms with Gasteiger partial charge in [0.15, 0.2) is 5.13 Å². The molecule has 1 aliphatic heterocycles. The van der Waals surface area contributed by atoms with Gasteiger partial charge in [0.05, 0.1) is 17.8 Å². The van der Waals surface area contributed by atoms with Crippen LogP contribution in [-0.2, 0) is 17.8 Å². The molecule has 1 aromatic heterocycles. The zero-order chi connectivity index (χ0) is 15.7. The van der Waals surface area contributed by atoms with E-state index >= 15 is 0 Å². The van der Waals surface area contributed by atoms with Crippen LogP contribution in [0.5, 0.6) is 0 Å². The summed E-state index contributed by atoms with van der Waals surface area (Å²) in [5.74, 6) is -0.0806. The van der Waals surface area contributed by atoms with Crippen LogP contribution < -0.4 is 5.32 Å². The highest BCUT2D eigenvalue weighted by Gasteiger charge is 2.25. The minimum atomic E-state index is -0.127. The summed E-state index contributed by atoms with van der Waals surface area (Å²) in [7, 11) is 0. The molecule has 0 spiro atoms. The lowest BCUT2D eigenvalue weighted by molar-refractivity contribution is -0.114. The molecule has 0 fully saturated rings. The molecule has 0 saturated heterocycles. The number of benzene rings is 1. The van der Waals surface area contributed by atoms with Crippen molar-refractivity contribution in [1.29, 1.82) is 0 Å². The van der Waals surface area contributed by atoms with Gasteiger partial charge in [0.25, 0.3) is 5.91 Å². The van der Waals surface area contributed by atoms with Crippen molar-refractivity contribution in [1.82, 2.24) is 9.88 Å². The summed E-state index contributed by atoms with van der Waals surface area (Å²) in [4.78, 5) is 31.1. The summed E-state index contributed by atoms with van der Waals surface area (Å²) in [6.45, 7) is 2.67. The van der Waals surface area contributed by atoms with E-state index in [0.717, 1.165) is 26.1 Å². The number of rotatable bonds is 2. The van der Waals surface area contributed by atoms with Crippen molar-refractivity contribution in [3.8, 4) is 0 Å². The number of aromatic nitrogens is 1. The number of amides is 2. The average Bonchev–Trinajstić information content (AvgIpc) is 2.87. The maximum atomic E-state index is 12.7. The van der Waals surface area contributed by atoms with Gasteiger partial charge in [-0.25, -0.2) is 4.98 Å². The first-order chi connectivity index (χ1) is 10.5. The van der Waals surface area contributed by atoms with E-state index in [1.165, 1.54) is 18.3 Å². The largest absolute Gasteiger partial charge is 0.333 e. The van der Waals surface area contributed by atoms with Gasteiger partial charge in [-0.2, -0.15) is 0 Å². The fourth-order valence-corrected chi connectivity index (χ4v) is 4.07. The first-order valence-corrected chi connectivity index (χ1v) is 8.74. The van der Waals surface area contributed by atoms with E-state index in [4.69, 9.17) is 0 Å². The summed E-state index contributed by atoms with van der Waals surface area (Å²) in [6, 6.07) is 7.60. The first kappa shape index (κ1) is 15.4. The van der Waals surface area contributed by atoms with Gasteiger partial charge >= 0.3 is 0 Å². The Morgan fingerprint density at radius 2 is 2.14 bits per heavy atom. The summed E-state index contributed by atoms with van der Waals surface area (Å²) in [6.07, 6.45) is 0.723. The molecule has 22 heavy (non-hydrogen) atoms. The van der Waals surface area contributed by atoms with E-state index in [9.17, 15) is 9.59 Å². The third-order valence-corrected chi connectivity index (χ3v) is 5.34. The molecule has 0 aliphatic carbocycles. The van der Waals surface area contributed by atoms with Crippen LogP contribution in [0.2, 0.25) is 0 Å². The van der Waals surface area contributed by atoms with Crippen molar-refractivity contribution in [2.45, 2.75) is 19.9 Å². The Morgan fingerprint density at radius 1 is 1.36 bits per heavy atom. The Bertz CT molecular complexity index is 744. The number of nitrogens with one attached hydrogen (secondary N) is 1. The van der Waals surface area contributed by atoms with E-state index in [1.54, 1.807) is 0 Å². The summed E-state index contributed by atoms with van der Waals surface area (Å²) < 4.78 is 0.958. The number of anilines is 1. The van der Waals surface area contributed by atoms with Gasteiger partial charge in [0.2, 0.25) is 5.91 Å². The van der Waals surface area contributed by atoms with Crippen LogP contribution in [0.25, 0.3) is 0 Å². The van der Waals surface area contributed by atoms with Gasteiger partial charge in [-0.1, -0.05) is 23.5 Å². The Labute approximate surface area is 145 Å².